The van der Waals surface area contributed by atoms with Crippen LogP contribution in [-0.2, 0) is 9.47 Å². The van der Waals surface area contributed by atoms with Gasteiger partial charge in [-0.15, -0.1) is 0 Å². The van der Waals surface area contributed by atoms with E-state index in [0.29, 0.717) is 18.9 Å². The summed E-state index contributed by atoms with van der Waals surface area (Å²) in [5.74, 6) is 0.912. The molecule has 0 spiro atoms. The summed E-state index contributed by atoms with van der Waals surface area (Å²) < 4.78 is 10.6. The molecule has 0 bridgehead atoms. The Hall–Kier alpha value is -0.120. The van der Waals surface area contributed by atoms with Crippen molar-refractivity contribution in [1.82, 2.24) is 5.32 Å². The van der Waals surface area contributed by atoms with Crippen LogP contribution in [0.15, 0.2) is 0 Å². The lowest BCUT2D eigenvalue weighted by atomic mass is 9.80. The fourth-order valence-corrected chi connectivity index (χ4v) is 2.09. The van der Waals surface area contributed by atoms with Crippen LogP contribution < -0.4 is 5.32 Å². The molecule has 1 aliphatic heterocycles. The zero-order valence-electron chi connectivity index (χ0n) is 9.00. The normalized spacial score (nSPS) is 31.1. The van der Waals surface area contributed by atoms with Gasteiger partial charge in [-0.2, -0.15) is 0 Å². The van der Waals surface area contributed by atoms with E-state index >= 15 is 0 Å². The van der Waals surface area contributed by atoms with Crippen LogP contribution in [0.1, 0.15) is 32.6 Å². The van der Waals surface area contributed by atoms with Gasteiger partial charge in [-0.3, -0.25) is 0 Å². The van der Waals surface area contributed by atoms with Crippen LogP contribution in [0.4, 0.5) is 0 Å². The third-order valence-electron chi connectivity index (χ3n) is 3.50. The quantitative estimate of drug-likeness (QED) is 0.744. The molecule has 2 unspecified atom stereocenters. The van der Waals surface area contributed by atoms with Crippen molar-refractivity contribution in [2.75, 3.05) is 19.9 Å². The highest BCUT2D eigenvalue weighted by molar-refractivity contribution is 4.80. The van der Waals surface area contributed by atoms with E-state index in [9.17, 15) is 0 Å². The van der Waals surface area contributed by atoms with Crippen molar-refractivity contribution in [2.24, 2.45) is 5.92 Å². The van der Waals surface area contributed by atoms with Gasteiger partial charge in [-0.25, -0.2) is 0 Å². The van der Waals surface area contributed by atoms with E-state index in [1.807, 2.05) is 0 Å². The lowest BCUT2D eigenvalue weighted by Gasteiger charge is -2.33. The second-order valence-electron chi connectivity index (χ2n) is 4.49. The Bertz CT molecular complexity index is 163. The molecule has 2 fully saturated rings. The SMILES string of the molecule is CC(NCC1CCOCO1)C1CCC1. The minimum Gasteiger partial charge on any atom is -0.355 e. The summed E-state index contributed by atoms with van der Waals surface area (Å²) >= 11 is 0. The number of nitrogens with one attached hydrogen (secondary N) is 1. The number of hydrogen-bond donors (Lipinski definition) is 1. The molecule has 2 aliphatic rings. The molecule has 14 heavy (non-hydrogen) atoms. The Morgan fingerprint density at radius 1 is 1.36 bits per heavy atom. The van der Waals surface area contributed by atoms with E-state index in [1.165, 1.54) is 19.3 Å². The first kappa shape index (κ1) is 10.4. The highest BCUT2D eigenvalue weighted by atomic mass is 16.7. The molecule has 0 aromatic heterocycles. The van der Waals surface area contributed by atoms with Gasteiger partial charge in [0.2, 0.25) is 0 Å². The molecule has 2 atom stereocenters. The lowest BCUT2D eigenvalue weighted by molar-refractivity contribution is -0.137. The van der Waals surface area contributed by atoms with Gasteiger partial charge in [-0.05, 0) is 32.1 Å². The summed E-state index contributed by atoms with van der Waals surface area (Å²) in [7, 11) is 0. The Labute approximate surface area is 86.2 Å². The molecule has 1 saturated heterocycles. The zero-order chi connectivity index (χ0) is 9.80. The monoisotopic (exact) mass is 199 g/mol. The molecule has 1 N–H and O–H groups in total. The van der Waals surface area contributed by atoms with Gasteiger partial charge in [-0.1, -0.05) is 6.42 Å². The smallest absolute Gasteiger partial charge is 0.147 e. The maximum atomic E-state index is 5.48. The molecule has 1 aliphatic carbocycles. The average Bonchev–Trinajstić information content (AvgIpc) is 2.14. The van der Waals surface area contributed by atoms with Crippen molar-refractivity contribution in [2.45, 2.75) is 44.8 Å². The van der Waals surface area contributed by atoms with Crippen LogP contribution in [0.5, 0.6) is 0 Å². The Morgan fingerprint density at radius 3 is 2.79 bits per heavy atom. The Balaban J connectivity index is 1.60. The van der Waals surface area contributed by atoms with Crippen LogP contribution >= 0.6 is 0 Å². The molecule has 2 rings (SSSR count). The molecule has 1 saturated carbocycles. The summed E-state index contributed by atoms with van der Waals surface area (Å²) in [6.07, 6.45) is 5.63. The topological polar surface area (TPSA) is 30.5 Å². The lowest BCUT2D eigenvalue weighted by Crippen LogP contribution is -2.42. The maximum Gasteiger partial charge on any atom is 0.147 e. The van der Waals surface area contributed by atoms with Crippen LogP contribution in [-0.4, -0.2) is 32.1 Å². The molecule has 82 valence electrons. The second kappa shape index (κ2) is 5.10. The van der Waals surface area contributed by atoms with Crippen molar-refractivity contribution in [3.8, 4) is 0 Å². The largest absolute Gasteiger partial charge is 0.355 e. The van der Waals surface area contributed by atoms with Gasteiger partial charge in [0.05, 0.1) is 12.7 Å². The first-order chi connectivity index (χ1) is 6.86. The van der Waals surface area contributed by atoms with E-state index in [4.69, 9.17) is 9.47 Å². The average molecular weight is 199 g/mol. The fraction of sp³-hybridized carbons (Fsp3) is 1.00. The van der Waals surface area contributed by atoms with E-state index < -0.39 is 0 Å². The van der Waals surface area contributed by atoms with Gasteiger partial charge < -0.3 is 14.8 Å². The van der Waals surface area contributed by atoms with E-state index in [2.05, 4.69) is 12.2 Å². The summed E-state index contributed by atoms with van der Waals surface area (Å²) in [4.78, 5) is 0. The van der Waals surface area contributed by atoms with Crippen molar-refractivity contribution < 1.29 is 9.47 Å². The van der Waals surface area contributed by atoms with Gasteiger partial charge >= 0.3 is 0 Å². The van der Waals surface area contributed by atoms with Gasteiger partial charge in [0.15, 0.2) is 0 Å². The van der Waals surface area contributed by atoms with Crippen LogP contribution in [0.25, 0.3) is 0 Å². The van der Waals surface area contributed by atoms with Crippen LogP contribution in [0.2, 0.25) is 0 Å². The number of ether oxygens (including phenoxy) is 2. The fourth-order valence-electron chi connectivity index (χ4n) is 2.09. The molecule has 3 heteroatoms. The van der Waals surface area contributed by atoms with Gasteiger partial charge in [0.1, 0.15) is 6.79 Å². The number of rotatable bonds is 4. The molecule has 3 nitrogen and oxygen atoms in total. The van der Waals surface area contributed by atoms with Crippen molar-refractivity contribution in [1.29, 1.82) is 0 Å². The third kappa shape index (κ3) is 2.69. The molecular weight excluding hydrogens is 178 g/mol. The van der Waals surface area contributed by atoms with E-state index in [1.54, 1.807) is 0 Å². The van der Waals surface area contributed by atoms with Crippen molar-refractivity contribution in [3.05, 3.63) is 0 Å². The molecular formula is C11H21NO2. The highest BCUT2D eigenvalue weighted by Gasteiger charge is 2.24. The molecule has 0 aromatic rings. The molecule has 1 heterocycles. The van der Waals surface area contributed by atoms with E-state index in [-0.39, 0.29) is 0 Å². The first-order valence-corrected chi connectivity index (χ1v) is 5.79. The van der Waals surface area contributed by atoms with Crippen LogP contribution in [0.3, 0.4) is 0 Å². The summed E-state index contributed by atoms with van der Waals surface area (Å²) in [5, 5.41) is 3.57. The Morgan fingerprint density at radius 2 is 2.21 bits per heavy atom. The predicted molar refractivity (Wildman–Crippen MR) is 55.1 cm³/mol. The second-order valence-corrected chi connectivity index (χ2v) is 4.49. The summed E-state index contributed by atoms with van der Waals surface area (Å²) in [6, 6.07) is 0.662. The van der Waals surface area contributed by atoms with E-state index in [0.717, 1.165) is 25.5 Å². The van der Waals surface area contributed by atoms with Gasteiger partial charge in [0, 0.05) is 12.6 Å². The summed E-state index contributed by atoms with van der Waals surface area (Å²) in [5.41, 5.74) is 0. The third-order valence-corrected chi connectivity index (χ3v) is 3.50. The highest BCUT2D eigenvalue weighted by Crippen LogP contribution is 2.29. The predicted octanol–water partition coefficient (Wildman–Crippen LogP) is 1.53. The first-order valence-electron chi connectivity index (χ1n) is 5.79. The molecule has 0 amide bonds. The van der Waals surface area contributed by atoms with Crippen LogP contribution in [0, 0.1) is 5.92 Å². The molecule has 0 aromatic carbocycles. The minimum atomic E-state index is 0.367. The maximum absolute atomic E-state index is 5.48. The number of hydrogen-bond acceptors (Lipinski definition) is 3. The standard InChI is InChI=1S/C11H21NO2/c1-9(10-3-2-4-10)12-7-11-5-6-13-8-14-11/h9-12H,2-8H2,1H3. The zero-order valence-corrected chi connectivity index (χ0v) is 9.00. The Kier molecular flexibility index (Phi) is 3.79. The van der Waals surface area contributed by atoms with Crippen molar-refractivity contribution >= 4 is 0 Å². The van der Waals surface area contributed by atoms with Crippen molar-refractivity contribution in [3.63, 3.8) is 0 Å². The molecule has 0 radical (unpaired) electrons. The summed E-state index contributed by atoms with van der Waals surface area (Å²) in [6.45, 7) is 4.61. The van der Waals surface area contributed by atoms with Gasteiger partial charge in [0.25, 0.3) is 0 Å². The minimum absolute atomic E-state index is 0.367.